The highest BCUT2D eigenvalue weighted by atomic mass is 35.5. The third kappa shape index (κ3) is 5.43. The first-order valence-corrected chi connectivity index (χ1v) is 13.6. The zero-order chi connectivity index (χ0) is 28.4. The molecule has 4 aromatic rings. The molecule has 1 aromatic heterocycles. The molecule has 1 N–H and O–H groups in total. The summed E-state index contributed by atoms with van der Waals surface area (Å²) in [5, 5.41) is 15.6. The zero-order valence-corrected chi connectivity index (χ0v) is 23.3. The lowest BCUT2D eigenvalue weighted by Crippen LogP contribution is -2.37. The van der Waals surface area contributed by atoms with Gasteiger partial charge in [0.05, 0.1) is 51.6 Å². The summed E-state index contributed by atoms with van der Waals surface area (Å²) in [6.45, 7) is 0.830. The highest BCUT2D eigenvalue weighted by molar-refractivity contribution is 7.21. The van der Waals surface area contributed by atoms with E-state index in [2.05, 4.69) is 10.3 Å². The Hall–Kier alpha value is -4.22. The van der Waals surface area contributed by atoms with Gasteiger partial charge in [0, 0.05) is 24.7 Å². The van der Waals surface area contributed by atoms with Crippen LogP contribution in [0.5, 0.6) is 5.75 Å². The van der Waals surface area contributed by atoms with Crippen LogP contribution in [0, 0.1) is 16.0 Å². The van der Waals surface area contributed by atoms with Crippen molar-refractivity contribution in [2.45, 2.75) is 12.8 Å². The highest BCUT2D eigenvalue weighted by Gasteiger charge is 2.30. The van der Waals surface area contributed by atoms with Gasteiger partial charge in [-0.25, -0.2) is 4.98 Å². The summed E-state index contributed by atoms with van der Waals surface area (Å²) in [6.07, 6.45) is 0.989. The molecule has 1 saturated heterocycles. The lowest BCUT2D eigenvalue weighted by Gasteiger charge is -2.32. The molecule has 0 spiro atoms. The number of fused-ring (bicyclic) bond motifs is 1. The van der Waals surface area contributed by atoms with Gasteiger partial charge < -0.3 is 19.7 Å². The number of piperidine rings is 1. The second kappa shape index (κ2) is 11.5. The molecule has 1 aliphatic heterocycles. The SMILES string of the molecule is COC(=O)C1CCN(c2cc(Cl)c(C(=O)Nc3cc(-c4nc5ccccc5s4)ccc3OC)cc2[N+](=O)[O-])CC1. The van der Waals surface area contributed by atoms with E-state index in [1.165, 1.54) is 37.7 Å². The molecule has 5 rings (SSSR count). The number of anilines is 2. The van der Waals surface area contributed by atoms with E-state index in [1.54, 1.807) is 17.0 Å². The summed E-state index contributed by atoms with van der Waals surface area (Å²) >= 11 is 8.03. The van der Waals surface area contributed by atoms with Crippen LogP contribution in [0.25, 0.3) is 20.8 Å². The van der Waals surface area contributed by atoms with Gasteiger partial charge >= 0.3 is 5.97 Å². The molecule has 1 fully saturated rings. The molecule has 0 radical (unpaired) electrons. The maximum absolute atomic E-state index is 13.4. The smallest absolute Gasteiger partial charge is 0.308 e. The van der Waals surface area contributed by atoms with E-state index in [0.717, 1.165) is 20.8 Å². The number of thiazole rings is 1. The minimum atomic E-state index is -0.621. The van der Waals surface area contributed by atoms with Crippen LogP contribution < -0.4 is 15.0 Å². The van der Waals surface area contributed by atoms with E-state index in [-0.39, 0.29) is 28.2 Å². The summed E-state index contributed by atoms with van der Waals surface area (Å²) in [6, 6.07) is 15.7. The van der Waals surface area contributed by atoms with Crippen molar-refractivity contribution >= 4 is 62.1 Å². The van der Waals surface area contributed by atoms with Crippen molar-refractivity contribution in [2.75, 3.05) is 37.5 Å². The normalized spacial score (nSPS) is 13.7. The Balaban J connectivity index is 1.42. The number of ether oxygens (including phenoxy) is 2. The van der Waals surface area contributed by atoms with Crippen LogP contribution in [0.2, 0.25) is 5.02 Å². The van der Waals surface area contributed by atoms with Gasteiger partial charge in [-0.05, 0) is 49.2 Å². The number of nitrogens with one attached hydrogen (secondary N) is 1. The molecular weight excluding hydrogens is 556 g/mol. The second-order valence-corrected chi connectivity index (χ2v) is 10.7. The van der Waals surface area contributed by atoms with Gasteiger partial charge in [0.15, 0.2) is 0 Å². The van der Waals surface area contributed by atoms with E-state index in [9.17, 15) is 19.7 Å². The van der Waals surface area contributed by atoms with Crippen LogP contribution in [0.3, 0.4) is 0 Å². The van der Waals surface area contributed by atoms with Gasteiger partial charge in [-0.1, -0.05) is 23.7 Å². The number of para-hydroxylation sites is 1. The maximum Gasteiger partial charge on any atom is 0.308 e. The van der Waals surface area contributed by atoms with E-state index in [0.29, 0.717) is 43.1 Å². The molecule has 2 heterocycles. The zero-order valence-electron chi connectivity index (χ0n) is 21.7. The van der Waals surface area contributed by atoms with Crippen LogP contribution in [-0.4, -0.2) is 49.1 Å². The number of benzene rings is 3. The van der Waals surface area contributed by atoms with Gasteiger partial charge in [0.25, 0.3) is 11.6 Å². The van der Waals surface area contributed by atoms with Gasteiger partial charge in [0.2, 0.25) is 0 Å². The Morgan fingerprint density at radius 1 is 1.12 bits per heavy atom. The quantitative estimate of drug-likeness (QED) is 0.156. The van der Waals surface area contributed by atoms with Crippen molar-refractivity contribution in [2.24, 2.45) is 5.92 Å². The number of halogens is 1. The molecule has 206 valence electrons. The Bertz CT molecular complexity index is 1580. The molecule has 1 aliphatic rings. The molecule has 12 heteroatoms. The van der Waals surface area contributed by atoms with Crippen molar-refractivity contribution in [3.8, 4) is 16.3 Å². The number of carbonyl (C=O) groups excluding carboxylic acids is 2. The van der Waals surface area contributed by atoms with Gasteiger partial charge in [-0.2, -0.15) is 0 Å². The summed E-state index contributed by atoms with van der Waals surface area (Å²) in [5.74, 6) is -0.756. The number of amides is 1. The first-order chi connectivity index (χ1) is 19.3. The Labute approximate surface area is 238 Å². The number of carbonyl (C=O) groups is 2. The average Bonchev–Trinajstić information content (AvgIpc) is 3.41. The third-order valence-electron chi connectivity index (χ3n) is 6.86. The van der Waals surface area contributed by atoms with Crippen LogP contribution >= 0.6 is 22.9 Å². The minimum absolute atomic E-state index is 0.0472. The van der Waals surface area contributed by atoms with Crippen LogP contribution in [-0.2, 0) is 9.53 Å². The van der Waals surface area contributed by atoms with Gasteiger partial charge in [0.1, 0.15) is 16.4 Å². The minimum Gasteiger partial charge on any atom is -0.495 e. The van der Waals surface area contributed by atoms with E-state index >= 15 is 0 Å². The van der Waals surface area contributed by atoms with E-state index in [1.807, 2.05) is 30.3 Å². The number of nitro benzene ring substituents is 1. The molecule has 0 bridgehead atoms. The number of aromatic nitrogens is 1. The average molecular weight is 581 g/mol. The van der Waals surface area contributed by atoms with E-state index < -0.39 is 10.8 Å². The molecule has 0 atom stereocenters. The summed E-state index contributed by atoms with van der Waals surface area (Å²) in [7, 11) is 2.83. The maximum atomic E-state index is 13.4. The van der Waals surface area contributed by atoms with Crippen molar-refractivity contribution in [1.82, 2.24) is 4.98 Å². The topological polar surface area (TPSA) is 124 Å². The van der Waals surface area contributed by atoms with Crippen LogP contribution in [0.1, 0.15) is 23.2 Å². The summed E-state index contributed by atoms with van der Waals surface area (Å²) in [4.78, 5) is 43.2. The molecule has 0 saturated carbocycles. The predicted octanol–water partition coefficient (Wildman–Crippen LogP) is 6.18. The second-order valence-electron chi connectivity index (χ2n) is 9.22. The fraction of sp³-hybridized carbons (Fsp3) is 0.250. The molecule has 0 unspecified atom stereocenters. The molecular formula is C28H25ClN4O6S. The first kappa shape index (κ1) is 27.4. The molecule has 1 amide bonds. The van der Waals surface area contributed by atoms with Crippen LogP contribution in [0.15, 0.2) is 54.6 Å². The lowest BCUT2D eigenvalue weighted by molar-refractivity contribution is -0.384. The van der Waals surface area contributed by atoms with Crippen molar-refractivity contribution < 1.29 is 24.0 Å². The number of rotatable bonds is 7. The fourth-order valence-electron chi connectivity index (χ4n) is 4.77. The number of hydrogen-bond acceptors (Lipinski definition) is 9. The standard InChI is InChI=1S/C28H25ClN4O6S/c1-38-24-8-7-17(27-31-20-5-3-4-6-25(20)40-27)13-21(24)30-26(34)18-14-23(33(36)37)22(15-19(18)29)32-11-9-16(10-12-32)28(35)39-2/h3-8,13-16H,9-12H2,1-2H3,(H,30,34). The third-order valence-corrected chi connectivity index (χ3v) is 8.26. The lowest BCUT2D eigenvalue weighted by atomic mass is 9.96. The number of hydrogen-bond donors (Lipinski definition) is 1. The van der Waals surface area contributed by atoms with Crippen LogP contribution in [0.4, 0.5) is 17.1 Å². The van der Waals surface area contributed by atoms with Crippen molar-refractivity contribution in [3.63, 3.8) is 0 Å². The number of nitro groups is 1. The number of nitrogens with zero attached hydrogens (tertiary/aromatic N) is 3. The predicted molar refractivity (Wildman–Crippen MR) is 155 cm³/mol. The van der Waals surface area contributed by atoms with Gasteiger partial charge in [-0.15, -0.1) is 11.3 Å². The fourth-order valence-corrected chi connectivity index (χ4v) is 5.98. The molecule has 10 nitrogen and oxygen atoms in total. The monoisotopic (exact) mass is 580 g/mol. The van der Waals surface area contributed by atoms with E-state index in [4.69, 9.17) is 21.1 Å². The summed E-state index contributed by atoms with van der Waals surface area (Å²) < 4.78 is 11.3. The van der Waals surface area contributed by atoms with Crippen molar-refractivity contribution in [1.29, 1.82) is 0 Å². The molecule has 40 heavy (non-hydrogen) atoms. The Kier molecular flexibility index (Phi) is 7.85. The Morgan fingerprint density at radius 3 is 2.55 bits per heavy atom. The first-order valence-electron chi connectivity index (χ1n) is 12.4. The van der Waals surface area contributed by atoms with Gasteiger partial charge in [-0.3, -0.25) is 19.7 Å². The number of esters is 1. The molecule has 0 aliphatic carbocycles. The largest absolute Gasteiger partial charge is 0.495 e. The summed E-state index contributed by atoms with van der Waals surface area (Å²) in [5.41, 5.74) is 2.02. The Morgan fingerprint density at radius 2 is 1.88 bits per heavy atom. The van der Waals surface area contributed by atoms with Crippen molar-refractivity contribution in [3.05, 3.63) is 75.3 Å². The molecule has 3 aromatic carbocycles. The highest BCUT2D eigenvalue weighted by Crippen LogP contribution is 2.38. The number of methoxy groups -OCH3 is 2.